The van der Waals surface area contributed by atoms with Gasteiger partial charge in [0.15, 0.2) is 5.13 Å². The number of hydrogen-bond donors (Lipinski definition) is 2. The average Bonchev–Trinajstić information content (AvgIpc) is 3.30. The van der Waals surface area contributed by atoms with Crippen LogP contribution in [0.15, 0.2) is 60.0 Å². The number of thiazole rings is 1. The minimum atomic E-state index is -1.03. The first-order chi connectivity index (χ1) is 16.8. The van der Waals surface area contributed by atoms with E-state index in [1.807, 2.05) is 53.9 Å². The van der Waals surface area contributed by atoms with Crippen molar-refractivity contribution in [2.75, 3.05) is 11.4 Å². The Morgan fingerprint density at radius 1 is 1.14 bits per heavy atom. The zero-order valence-electron chi connectivity index (χ0n) is 19.2. The van der Waals surface area contributed by atoms with Crippen molar-refractivity contribution in [3.8, 4) is 11.3 Å². The molecule has 1 saturated heterocycles. The molecule has 3 atom stereocenters. The van der Waals surface area contributed by atoms with Crippen LogP contribution in [0.5, 0.6) is 0 Å². The lowest BCUT2D eigenvalue weighted by Crippen LogP contribution is -2.50. The number of carboxylic acids is 1. The number of carbonyl (C=O) groups excluding carboxylic acids is 2. The van der Waals surface area contributed by atoms with Gasteiger partial charge in [0.2, 0.25) is 11.8 Å². The predicted molar refractivity (Wildman–Crippen MR) is 137 cm³/mol. The molecule has 1 fully saturated rings. The molecule has 1 aromatic heterocycles. The monoisotopic (exact) mass is 511 g/mol. The molecule has 2 amide bonds. The maximum absolute atomic E-state index is 14.0. The van der Waals surface area contributed by atoms with Crippen molar-refractivity contribution in [2.45, 2.75) is 38.1 Å². The number of rotatable bonds is 6. The Bertz CT molecular complexity index is 1220. The fourth-order valence-electron chi connectivity index (χ4n) is 4.63. The van der Waals surface area contributed by atoms with E-state index in [-0.39, 0.29) is 36.7 Å². The second-order valence-electron chi connectivity index (χ2n) is 8.64. The van der Waals surface area contributed by atoms with Gasteiger partial charge in [0.1, 0.15) is 0 Å². The molecule has 0 aliphatic carbocycles. The van der Waals surface area contributed by atoms with Crippen molar-refractivity contribution >= 4 is 45.9 Å². The topological polar surface area (TPSA) is 99.6 Å². The van der Waals surface area contributed by atoms with Crippen LogP contribution >= 0.6 is 22.9 Å². The van der Waals surface area contributed by atoms with E-state index in [9.17, 15) is 19.5 Å². The summed E-state index contributed by atoms with van der Waals surface area (Å²) in [6.07, 6.45) is 0.888. The number of nitrogens with one attached hydrogen (secondary N) is 1. The smallest absolute Gasteiger partial charge is 0.304 e. The molecule has 0 bridgehead atoms. The zero-order chi connectivity index (χ0) is 24.9. The number of aromatic nitrogens is 1. The molecule has 2 heterocycles. The van der Waals surface area contributed by atoms with Gasteiger partial charge >= 0.3 is 5.97 Å². The van der Waals surface area contributed by atoms with Crippen LogP contribution in [0.2, 0.25) is 5.02 Å². The lowest BCUT2D eigenvalue weighted by atomic mass is 9.78. The van der Waals surface area contributed by atoms with Crippen molar-refractivity contribution < 1.29 is 19.5 Å². The molecule has 1 aliphatic rings. The first kappa shape index (κ1) is 24.9. The summed E-state index contributed by atoms with van der Waals surface area (Å²) in [7, 11) is 0. The summed E-state index contributed by atoms with van der Waals surface area (Å²) in [5.41, 5.74) is 2.29. The third-order valence-electron chi connectivity index (χ3n) is 6.20. The Hall–Kier alpha value is -3.23. The van der Waals surface area contributed by atoms with Gasteiger partial charge in [-0.1, -0.05) is 60.1 Å². The highest BCUT2D eigenvalue weighted by molar-refractivity contribution is 7.14. The maximum atomic E-state index is 14.0. The SMILES string of the molecule is CC(=O)NC1CCC(c2ccccc2)C(CC(=O)O)C(=O)N(c2nc(-c3ccccc3Cl)cs2)C1. The van der Waals surface area contributed by atoms with Gasteiger partial charge in [0.05, 0.1) is 18.0 Å². The summed E-state index contributed by atoms with van der Waals surface area (Å²) in [5, 5.41) is 15.4. The number of benzene rings is 2. The van der Waals surface area contributed by atoms with Gasteiger partial charge in [-0.05, 0) is 30.4 Å². The molecule has 3 unspecified atom stereocenters. The summed E-state index contributed by atoms with van der Waals surface area (Å²) in [6.45, 7) is 1.66. The van der Waals surface area contributed by atoms with E-state index in [0.29, 0.717) is 28.7 Å². The van der Waals surface area contributed by atoms with Gasteiger partial charge in [0, 0.05) is 35.5 Å². The third-order valence-corrected chi connectivity index (χ3v) is 7.39. The molecule has 4 rings (SSSR count). The van der Waals surface area contributed by atoms with Crippen LogP contribution in [0.4, 0.5) is 5.13 Å². The van der Waals surface area contributed by atoms with Crippen LogP contribution in [0.1, 0.15) is 37.7 Å². The second kappa shape index (κ2) is 11.0. The predicted octanol–water partition coefficient (Wildman–Crippen LogP) is 4.97. The number of carboxylic acid groups (broad SMARTS) is 1. The molecule has 3 aromatic rings. The molecule has 2 aromatic carbocycles. The van der Waals surface area contributed by atoms with Crippen molar-refractivity contribution in [2.24, 2.45) is 5.92 Å². The Balaban J connectivity index is 1.75. The normalized spacial score (nSPS) is 20.7. The third kappa shape index (κ3) is 5.89. The van der Waals surface area contributed by atoms with E-state index in [1.165, 1.54) is 23.2 Å². The van der Waals surface area contributed by atoms with Gasteiger partial charge in [0.25, 0.3) is 0 Å². The molecule has 1 aliphatic heterocycles. The van der Waals surface area contributed by atoms with Gasteiger partial charge in [-0.2, -0.15) is 0 Å². The zero-order valence-corrected chi connectivity index (χ0v) is 20.8. The van der Waals surface area contributed by atoms with E-state index in [2.05, 4.69) is 5.32 Å². The second-order valence-corrected chi connectivity index (χ2v) is 9.88. The van der Waals surface area contributed by atoms with Crippen molar-refractivity contribution in [3.63, 3.8) is 0 Å². The highest BCUT2D eigenvalue weighted by Crippen LogP contribution is 2.38. The number of carbonyl (C=O) groups is 3. The summed E-state index contributed by atoms with van der Waals surface area (Å²) < 4.78 is 0. The number of hydrogen-bond acceptors (Lipinski definition) is 5. The maximum Gasteiger partial charge on any atom is 0.304 e. The minimum absolute atomic E-state index is 0.183. The highest BCUT2D eigenvalue weighted by Gasteiger charge is 2.39. The first-order valence-electron chi connectivity index (χ1n) is 11.4. The molecule has 2 N–H and O–H groups in total. The van der Waals surface area contributed by atoms with Crippen LogP contribution in [-0.4, -0.2) is 40.5 Å². The average molecular weight is 512 g/mol. The van der Waals surface area contributed by atoms with Crippen molar-refractivity contribution in [1.82, 2.24) is 10.3 Å². The lowest BCUT2D eigenvalue weighted by Gasteiger charge is -2.36. The largest absolute Gasteiger partial charge is 0.481 e. The summed E-state index contributed by atoms with van der Waals surface area (Å²) >= 11 is 7.64. The van der Waals surface area contributed by atoms with E-state index < -0.39 is 11.9 Å². The van der Waals surface area contributed by atoms with Crippen LogP contribution in [0.25, 0.3) is 11.3 Å². The molecule has 0 spiro atoms. The molecule has 182 valence electrons. The molecule has 7 nitrogen and oxygen atoms in total. The van der Waals surface area contributed by atoms with Crippen LogP contribution in [0.3, 0.4) is 0 Å². The summed E-state index contributed by atoms with van der Waals surface area (Å²) in [4.78, 5) is 43.9. The van der Waals surface area contributed by atoms with Crippen molar-refractivity contribution in [3.05, 3.63) is 70.6 Å². The quantitative estimate of drug-likeness (QED) is 0.486. The van der Waals surface area contributed by atoms with E-state index in [0.717, 1.165) is 11.1 Å². The fourth-order valence-corrected chi connectivity index (χ4v) is 5.70. The number of nitrogens with zero attached hydrogens (tertiary/aromatic N) is 2. The molecule has 0 radical (unpaired) electrons. The van der Waals surface area contributed by atoms with E-state index in [1.54, 1.807) is 6.07 Å². The number of amides is 2. The van der Waals surface area contributed by atoms with Crippen LogP contribution in [0, 0.1) is 5.92 Å². The van der Waals surface area contributed by atoms with Gasteiger partial charge in [-0.25, -0.2) is 4.98 Å². The molecular formula is C26H26ClN3O4S. The molecular weight excluding hydrogens is 486 g/mol. The first-order valence-corrected chi connectivity index (χ1v) is 12.6. The number of anilines is 1. The Morgan fingerprint density at radius 3 is 2.54 bits per heavy atom. The Labute approximate surface area is 212 Å². The summed E-state index contributed by atoms with van der Waals surface area (Å²) in [5.74, 6) is -2.59. The Morgan fingerprint density at radius 2 is 1.86 bits per heavy atom. The highest BCUT2D eigenvalue weighted by atomic mass is 35.5. The molecule has 9 heteroatoms. The van der Waals surface area contributed by atoms with Crippen LogP contribution in [-0.2, 0) is 14.4 Å². The van der Waals surface area contributed by atoms with Gasteiger partial charge in [-0.15, -0.1) is 11.3 Å². The van der Waals surface area contributed by atoms with Gasteiger partial charge < -0.3 is 10.4 Å². The van der Waals surface area contributed by atoms with Crippen LogP contribution < -0.4 is 10.2 Å². The molecule has 35 heavy (non-hydrogen) atoms. The van der Waals surface area contributed by atoms with E-state index >= 15 is 0 Å². The lowest BCUT2D eigenvalue weighted by molar-refractivity contribution is -0.141. The fraction of sp³-hybridized carbons (Fsp3) is 0.308. The number of halogens is 1. The van der Waals surface area contributed by atoms with Gasteiger partial charge in [-0.3, -0.25) is 19.3 Å². The standard InChI is InChI=1S/C26H26ClN3O4S/c1-16(31)28-18-11-12-19(17-7-3-2-4-8-17)21(13-24(32)33)25(34)30(14-18)26-29-23(15-35-26)20-9-5-6-10-22(20)27/h2-10,15,18-19,21H,11-14H2,1H3,(H,28,31)(H,32,33). The summed E-state index contributed by atoms with van der Waals surface area (Å²) in [6, 6.07) is 16.5. The molecule has 0 saturated carbocycles. The van der Waals surface area contributed by atoms with Crippen molar-refractivity contribution in [1.29, 1.82) is 0 Å². The minimum Gasteiger partial charge on any atom is -0.481 e. The van der Waals surface area contributed by atoms with E-state index in [4.69, 9.17) is 16.6 Å². The Kier molecular flexibility index (Phi) is 7.83. The number of aliphatic carboxylic acids is 1.